The molecule has 1 aliphatic rings. The highest BCUT2D eigenvalue weighted by atomic mass is 79.9. The summed E-state index contributed by atoms with van der Waals surface area (Å²) >= 11 is 3.34. The fourth-order valence-corrected chi connectivity index (χ4v) is 2.48. The van der Waals surface area contributed by atoms with E-state index in [0.717, 1.165) is 17.1 Å². The summed E-state index contributed by atoms with van der Waals surface area (Å²) in [6.07, 6.45) is 4.14. The van der Waals surface area contributed by atoms with Crippen LogP contribution >= 0.6 is 15.9 Å². The van der Waals surface area contributed by atoms with E-state index in [1.165, 1.54) is 20.0 Å². The third-order valence-corrected chi connectivity index (χ3v) is 4.21. The molecule has 2 aromatic rings. The Morgan fingerprint density at radius 1 is 1.39 bits per heavy atom. The van der Waals surface area contributed by atoms with Crippen molar-refractivity contribution in [1.29, 1.82) is 0 Å². The molecule has 1 aliphatic carbocycles. The van der Waals surface area contributed by atoms with Crippen LogP contribution in [0.25, 0.3) is 0 Å². The summed E-state index contributed by atoms with van der Waals surface area (Å²) in [7, 11) is 1.35. The first kappa shape index (κ1) is 15.7. The molecule has 3 rings (SSSR count). The highest BCUT2D eigenvalue weighted by Gasteiger charge is 2.22. The minimum atomic E-state index is -0.401. The number of hydrogen-bond acceptors (Lipinski definition) is 6. The van der Waals surface area contributed by atoms with E-state index >= 15 is 0 Å². The second-order valence-corrected chi connectivity index (χ2v) is 6.31. The van der Waals surface area contributed by atoms with Crippen LogP contribution in [-0.2, 0) is 4.74 Å². The Kier molecular flexibility index (Phi) is 4.47. The summed E-state index contributed by atoms with van der Waals surface area (Å²) in [6, 6.07) is 5.85. The second-order valence-electron chi connectivity index (χ2n) is 5.46. The zero-order chi connectivity index (χ0) is 16.4. The molecule has 0 amide bonds. The number of carbonyl (C=O) groups excluding carboxylic acids is 1. The minimum absolute atomic E-state index is 0.401. The van der Waals surface area contributed by atoms with Crippen molar-refractivity contribution in [1.82, 2.24) is 9.97 Å². The molecule has 0 bridgehead atoms. The van der Waals surface area contributed by atoms with Crippen LogP contribution in [0.5, 0.6) is 0 Å². The van der Waals surface area contributed by atoms with E-state index in [0.29, 0.717) is 22.0 Å². The Morgan fingerprint density at radius 2 is 2.17 bits per heavy atom. The number of benzene rings is 1. The van der Waals surface area contributed by atoms with Gasteiger partial charge in [0.1, 0.15) is 5.82 Å². The van der Waals surface area contributed by atoms with Gasteiger partial charge in [0.05, 0.1) is 12.7 Å². The van der Waals surface area contributed by atoms with Crippen LogP contribution in [-0.4, -0.2) is 29.1 Å². The van der Waals surface area contributed by atoms with Crippen LogP contribution in [0, 0.1) is 6.92 Å². The molecule has 1 aromatic heterocycles. The van der Waals surface area contributed by atoms with Crippen molar-refractivity contribution in [3.8, 4) is 0 Å². The number of halogens is 1. The number of nitrogens with one attached hydrogen (secondary N) is 2. The van der Waals surface area contributed by atoms with Crippen LogP contribution in [0.2, 0.25) is 0 Å². The molecule has 2 N–H and O–H groups in total. The van der Waals surface area contributed by atoms with E-state index in [4.69, 9.17) is 4.74 Å². The summed E-state index contributed by atoms with van der Waals surface area (Å²) in [5.41, 5.74) is 2.17. The van der Waals surface area contributed by atoms with E-state index in [-0.39, 0.29) is 0 Å². The molecule has 6 nitrogen and oxygen atoms in total. The Hall–Kier alpha value is -2.15. The first-order valence-corrected chi connectivity index (χ1v) is 8.11. The number of methoxy groups -OCH3 is 1. The van der Waals surface area contributed by atoms with E-state index < -0.39 is 5.97 Å². The maximum Gasteiger partial charge on any atom is 0.339 e. The van der Waals surface area contributed by atoms with Gasteiger partial charge in [0, 0.05) is 28.0 Å². The lowest BCUT2D eigenvalue weighted by Crippen LogP contribution is -2.08. The first-order chi connectivity index (χ1) is 11.1. The van der Waals surface area contributed by atoms with Crippen LogP contribution < -0.4 is 10.6 Å². The smallest absolute Gasteiger partial charge is 0.339 e. The van der Waals surface area contributed by atoms with Gasteiger partial charge in [-0.2, -0.15) is 4.98 Å². The molecule has 0 aliphatic heterocycles. The number of hydrogen-bond donors (Lipinski definition) is 2. The van der Waals surface area contributed by atoms with Crippen molar-refractivity contribution >= 4 is 39.4 Å². The van der Waals surface area contributed by atoms with Gasteiger partial charge < -0.3 is 15.4 Å². The number of rotatable bonds is 5. The van der Waals surface area contributed by atoms with Gasteiger partial charge in [0.15, 0.2) is 0 Å². The number of anilines is 3. The van der Waals surface area contributed by atoms with Crippen molar-refractivity contribution in [2.24, 2.45) is 0 Å². The monoisotopic (exact) mass is 376 g/mol. The number of nitrogens with zero attached hydrogens (tertiary/aromatic N) is 2. The minimum Gasteiger partial charge on any atom is -0.465 e. The molecule has 0 saturated heterocycles. The largest absolute Gasteiger partial charge is 0.465 e. The average molecular weight is 377 g/mol. The van der Waals surface area contributed by atoms with E-state index in [2.05, 4.69) is 36.5 Å². The molecule has 1 aromatic carbocycles. The molecular weight excluding hydrogens is 360 g/mol. The molecule has 0 radical (unpaired) electrons. The lowest BCUT2D eigenvalue weighted by Gasteiger charge is -2.11. The lowest BCUT2D eigenvalue weighted by atomic mass is 10.2. The van der Waals surface area contributed by atoms with Crippen molar-refractivity contribution in [3.63, 3.8) is 0 Å². The molecular formula is C16H17BrN4O2. The Bertz CT molecular complexity index is 747. The fourth-order valence-electron chi connectivity index (χ4n) is 2.07. The average Bonchev–Trinajstić information content (AvgIpc) is 3.36. The van der Waals surface area contributed by atoms with Gasteiger partial charge in [-0.25, -0.2) is 9.78 Å². The summed E-state index contributed by atoms with van der Waals surface area (Å²) < 4.78 is 5.45. The van der Waals surface area contributed by atoms with E-state index in [1.807, 2.05) is 13.0 Å². The molecule has 0 spiro atoms. The summed E-state index contributed by atoms with van der Waals surface area (Å²) in [5.74, 6) is 0.925. The zero-order valence-corrected chi connectivity index (χ0v) is 14.5. The van der Waals surface area contributed by atoms with Gasteiger partial charge in [-0.15, -0.1) is 0 Å². The van der Waals surface area contributed by atoms with Crippen molar-refractivity contribution in [2.45, 2.75) is 25.8 Å². The van der Waals surface area contributed by atoms with Crippen LogP contribution in [0.15, 0.2) is 28.9 Å². The van der Waals surface area contributed by atoms with Gasteiger partial charge in [0.2, 0.25) is 5.95 Å². The highest BCUT2D eigenvalue weighted by Crippen LogP contribution is 2.27. The second kappa shape index (κ2) is 6.54. The third kappa shape index (κ3) is 3.79. The Balaban J connectivity index is 1.82. The van der Waals surface area contributed by atoms with Crippen LogP contribution in [0.4, 0.5) is 17.5 Å². The lowest BCUT2D eigenvalue weighted by molar-refractivity contribution is 0.0599. The molecule has 1 saturated carbocycles. The normalized spacial score (nSPS) is 13.5. The predicted octanol–water partition coefficient (Wildman–Crippen LogP) is 3.65. The van der Waals surface area contributed by atoms with Crippen molar-refractivity contribution in [3.05, 3.63) is 40.0 Å². The summed E-state index contributed by atoms with van der Waals surface area (Å²) in [4.78, 5) is 20.5. The topological polar surface area (TPSA) is 76.1 Å². The third-order valence-electron chi connectivity index (χ3n) is 3.52. The van der Waals surface area contributed by atoms with Crippen LogP contribution in [0.1, 0.15) is 28.8 Å². The van der Waals surface area contributed by atoms with Crippen molar-refractivity contribution < 1.29 is 9.53 Å². The number of aryl methyl sites for hydroxylation is 1. The fraction of sp³-hybridized carbons (Fsp3) is 0.312. The zero-order valence-electron chi connectivity index (χ0n) is 12.9. The molecule has 1 heterocycles. The molecule has 0 atom stereocenters. The Labute approximate surface area is 142 Å². The Morgan fingerprint density at radius 3 is 2.87 bits per heavy atom. The maximum atomic E-state index is 11.7. The highest BCUT2D eigenvalue weighted by molar-refractivity contribution is 9.10. The maximum absolute atomic E-state index is 11.7. The summed E-state index contributed by atoms with van der Waals surface area (Å²) in [6.45, 7) is 1.98. The molecule has 7 heteroatoms. The van der Waals surface area contributed by atoms with Gasteiger partial charge in [0.25, 0.3) is 0 Å². The number of ether oxygens (including phenoxy) is 1. The number of esters is 1. The van der Waals surface area contributed by atoms with Crippen molar-refractivity contribution in [2.75, 3.05) is 17.7 Å². The molecule has 1 fully saturated rings. The van der Waals surface area contributed by atoms with Gasteiger partial charge in [-0.3, -0.25) is 0 Å². The summed E-state index contributed by atoms with van der Waals surface area (Å²) in [5, 5.41) is 6.51. The predicted molar refractivity (Wildman–Crippen MR) is 92.2 cm³/mol. The van der Waals surface area contributed by atoms with Gasteiger partial charge >= 0.3 is 5.97 Å². The van der Waals surface area contributed by atoms with Gasteiger partial charge in [-0.05, 0) is 53.9 Å². The van der Waals surface area contributed by atoms with Crippen LogP contribution in [0.3, 0.4) is 0 Å². The standard InChI is InChI=1S/C16H17BrN4O2/c1-9-8-18-16(21-14(9)19-10-3-4-10)20-11-5-6-13(17)12(7-11)15(22)23-2/h5-8,10H,3-4H2,1-2H3,(H2,18,19,20,21). The first-order valence-electron chi connectivity index (χ1n) is 7.32. The SMILES string of the molecule is COC(=O)c1cc(Nc2ncc(C)c(NC3CC3)n2)ccc1Br. The molecule has 0 unspecified atom stereocenters. The van der Waals surface area contributed by atoms with E-state index in [1.54, 1.807) is 18.3 Å². The van der Waals surface area contributed by atoms with Gasteiger partial charge in [-0.1, -0.05) is 0 Å². The quantitative estimate of drug-likeness (QED) is 0.775. The molecule has 23 heavy (non-hydrogen) atoms. The van der Waals surface area contributed by atoms with E-state index in [9.17, 15) is 4.79 Å². The molecule has 120 valence electrons. The number of carbonyl (C=O) groups is 1. The number of aromatic nitrogens is 2.